The average molecular weight is 440 g/mol. The van der Waals surface area contributed by atoms with E-state index in [9.17, 15) is 4.79 Å². The first-order chi connectivity index (χ1) is 13.0. The maximum absolute atomic E-state index is 12.3. The molecule has 4 rings (SSSR count). The molecule has 3 aromatic heterocycles. The minimum absolute atomic E-state index is 0.0568. The number of rotatable bonds is 4. The van der Waals surface area contributed by atoms with Crippen molar-refractivity contribution in [2.75, 3.05) is 5.32 Å². The summed E-state index contributed by atoms with van der Waals surface area (Å²) in [6, 6.07) is 3.18. The molecule has 0 unspecified atom stereocenters. The van der Waals surface area contributed by atoms with Crippen molar-refractivity contribution in [3.63, 3.8) is 0 Å². The summed E-state index contributed by atoms with van der Waals surface area (Å²) in [6.07, 6.45) is 4.55. The number of thiazole rings is 1. The fourth-order valence-corrected chi connectivity index (χ4v) is 4.21. The van der Waals surface area contributed by atoms with E-state index in [0.717, 1.165) is 0 Å². The predicted octanol–water partition coefficient (Wildman–Crippen LogP) is 4.55. The molecular formula is C16H9Cl3N6OS. The van der Waals surface area contributed by atoms with Gasteiger partial charge in [-0.1, -0.05) is 34.8 Å². The lowest BCUT2D eigenvalue weighted by Gasteiger charge is -2.05. The number of hydrogen-bond acceptors (Lipinski definition) is 6. The van der Waals surface area contributed by atoms with Crippen LogP contribution in [0.5, 0.6) is 0 Å². The van der Waals surface area contributed by atoms with Gasteiger partial charge in [-0.3, -0.25) is 4.79 Å². The van der Waals surface area contributed by atoms with Crippen LogP contribution in [-0.4, -0.2) is 30.4 Å². The molecular weight excluding hydrogens is 431 g/mol. The molecule has 0 saturated carbocycles. The van der Waals surface area contributed by atoms with Gasteiger partial charge in [0, 0.05) is 16.0 Å². The zero-order valence-corrected chi connectivity index (χ0v) is 16.4. The Morgan fingerprint density at radius 3 is 2.74 bits per heavy atom. The summed E-state index contributed by atoms with van der Waals surface area (Å²) in [7, 11) is 0. The predicted molar refractivity (Wildman–Crippen MR) is 107 cm³/mol. The first-order valence-corrected chi connectivity index (χ1v) is 9.54. The highest BCUT2D eigenvalue weighted by Gasteiger charge is 2.15. The third-order valence-corrected chi connectivity index (χ3v) is 5.20. The van der Waals surface area contributed by atoms with Gasteiger partial charge in [0.1, 0.15) is 18.4 Å². The topological polar surface area (TPSA) is 85.6 Å². The van der Waals surface area contributed by atoms with Crippen LogP contribution >= 0.6 is 46.1 Å². The van der Waals surface area contributed by atoms with E-state index in [-0.39, 0.29) is 12.5 Å². The molecule has 0 radical (unpaired) electrons. The van der Waals surface area contributed by atoms with Crippen molar-refractivity contribution in [3.8, 4) is 11.3 Å². The number of aromatic nitrogens is 5. The van der Waals surface area contributed by atoms with E-state index in [4.69, 9.17) is 34.8 Å². The highest BCUT2D eigenvalue weighted by Crippen LogP contribution is 2.38. The molecule has 1 aromatic carbocycles. The van der Waals surface area contributed by atoms with Gasteiger partial charge in [-0.2, -0.15) is 0 Å². The molecule has 0 bridgehead atoms. The van der Waals surface area contributed by atoms with Gasteiger partial charge in [0.05, 0.1) is 28.3 Å². The normalized spacial score (nSPS) is 11.1. The monoisotopic (exact) mass is 438 g/mol. The Hall–Kier alpha value is -2.26. The van der Waals surface area contributed by atoms with Crippen molar-refractivity contribution in [2.45, 2.75) is 6.54 Å². The summed E-state index contributed by atoms with van der Waals surface area (Å²) in [5.74, 6) is -0.257. The molecule has 1 amide bonds. The van der Waals surface area contributed by atoms with E-state index in [1.807, 2.05) is 0 Å². The Labute approximate surface area is 172 Å². The zero-order valence-electron chi connectivity index (χ0n) is 13.4. The van der Waals surface area contributed by atoms with Crippen LogP contribution in [-0.2, 0) is 11.3 Å². The summed E-state index contributed by atoms with van der Waals surface area (Å²) >= 11 is 19.6. The SMILES string of the molecule is O=C(Cn1cnc2ncncc21)Nc1nc(-c2c(Cl)cc(Cl)cc2Cl)cs1. The quantitative estimate of drug-likeness (QED) is 0.504. The molecule has 0 atom stereocenters. The highest BCUT2D eigenvalue weighted by atomic mass is 35.5. The smallest absolute Gasteiger partial charge is 0.246 e. The number of nitrogens with zero attached hydrogens (tertiary/aromatic N) is 5. The number of halogens is 3. The van der Waals surface area contributed by atoms with Crippen molar-refractivity contribution >= 4 is 68.3 Å². The number of amides is 1. The summed E-state index contributed by atoms with van der Waals surface area (Å²) < 4.78 is 1.66. The van der Waals surface area contributed by atoms with Crippen LogP contribution < -0.4 is 5.32 Å². The van der Waals surface area contributed by atoms with Crippen LogP contribution in [0, 0.1) is 0 Å². The average Bonchev–Trinajstić information content (AvgIpc) is 3.22. The molecule has 0 saturated heterocycles. The third-order valence-electron chi connectivity index (χ3n) is 3.63. The van der Waals surface area contributed by atoms with E-state index in [0.29, 0.717) is 42.6 Å². The maximum atomic E-state index is 12.3. The molecule has 11 heteroatoms. The van der Waals surface area contributed by atoms with Gasteiger partial charge in [0.15, 0.2) is 10.8 Å². The second-order valence-corrected chi connectivity index (χ2v) is 7.54. The number of nitrogens with one attached hydrogen (secondary N) is 1. The fraction of sp³-hybridized carbons (Fsp3) is 0.0625. The number of imidazole rings is 1. The fourth-order valence-electron chi connectivity index (χ4n) is 2.48. The molecule has 7 nitrogen and oxygen atoms in total. The Bertz CT molecular complexity index is 1130. The molecule has 0 fully saturated rings. The van der Waals surface area contributed by atoms with E-state index in [1.54, 1.807) is 34.6 Å². The summed E-state index contributed by atoms with van der Waals surface area (Å²) in [5, 5.41) is 6.16. The van der Waals surface area contributed by atoms with Gasteiger partial charge in [-0.25, -0.2) is 19.9 Å². The van der Waals surface area contributed by atoms with Gasteiger partial charge in [-0.15, -0.1) is 11.3 Å². The van der Waals surface area contributed by atoms with Crippen LogP contribution in [0.15, 0.2) is 36.4 Å². The van der Waals surface area contributed by atoms with Crippen molar-refractivity contribution in [1.82, 2.24) is 24.5 Å². The van der Waals surface area contributed by atoms with Gasteiger partial charge >= 0.3 is 0 Å². The molecule has 0 spiro atoms. The third kappa shape index (κ3) is 3.74. The molecule has 3 heterocycles. The number of carbonyl (C=O) groups is 1. The molecule has 0 aliphatic rings. The van der Waals surface area contributed by atoms with Crippen molar-refractivity contribution < 1.29 is 4.79 Å². The van der Waals surface area contributed by atoms with Gasteiger partial charge in [0.2, 0.25) is 5.91 Å². The van der Waals surface area contributed by atoms with E-state index in [2.05, 4.69) is 25.3 Å². The van der Waals surface area contributed by atoms with Gasteiger partial charge < -0.3 is 9.88 Å². The van der Waals surface area contributed by atoms with Crippen molar-refractivity contribution in [1.29, 1.82) is 0 Å². The largest absolute Gasteiger partial charge is 0.318 e. The second kappa shape index (κ2) is 7.40. The second-order valence-electron chi connectivity index (χ2n) is 5.43. The number of carbonyl (C=O) groups excluding carboxylic acids is 1. The minimum atomic E-state index is -0.257. The number of benzene rings is 1. The Morgan fingerprint density at radius 2 is 1.96 bits per heavy atom. The lowest BCUT2D eigenvalue weighted by molar-refractivity contribution is -0.116. The minimum Gasteiger partial charge on any atom is -0.318 e. The Morgan fingerprint density at radius 1 is 1.19 bits per heavy atom. The lowest BCUT2D eigenvalue weighted by Crippen LogP contribution is -2.18. The van der Waals surface area contributed by atoms with E-state index in [1.165, 1.54) is 17.7 Å². The van der Waals surface area contributed by atoms with Crippen molar-refractivity contribution in [2.24, 2.45) is 0 Å². The van der Waals surface area contributed by atoms with Crippen LogP contribution in [0.3, 0.4) is 0 Å². The zero-order chi connectivity index (χ0) is 19.0. The standard InChI is InChI=1S/C16H9Cl3N6OS/c17-8-1-9(18)14(10(19)2-8)11-5-27-16(23-11)24-13(26)4-25-7-22-15-12(25)3-20-6-21-15/h1-3,5-7H,4H2,(H,23,24,26). The summed E-state index contributed by atoms with van der Waals surface area (Å²) in [4.78, 5) is 28.8. The first kappa shape index (κ1) is 18.1. The van der Waals surface area contributed by atoms with Crippen LogP contribution in [0.4, 0.5) is 5.13 Å². The van der Waals surface area contributed by atoms with Crippen molar-refractivity contribution in [3.05, 3.63) is 51.4 Å². The highest BCUT2D eigenvalue weighted by molar-refractivity contribution is 7.14. The lowest BCUT2D eigenvalue weighted by atomic mass is 10.2. The molecule has 0 aliphatic carbocycles. The number of hydrogen-bond donors (Lipinski definition) is 1. The molecule has 27 heavy (non-hydrogen) atoms. The van der Waals surface area contributed by atoms with E-state index >= 15 is 0 Å². The molecule has 0 aliphatic heterocycles. The van der Waals surface area contributed by atoms with Gasteiger partial charge in [0.25, 0.3) is 0 Å². The Balaban J connectivity index is 1.52. The van der Waals surface area contributed by atoms with Gasteiger partial charge in [-0.05, 0) is 12.1 Å². The first-order valence-electron chi connectivity index (χ1n) is 7.52. The Kier molecular flexibility index (Phi) is 4.96. The summed E-state index contributed by atoms with van der Waals surface area (Å²) in [6.45, 7) is 0.0568. The maximum Gasteiger partial charge on any atom is 0.246 e. The van der Waals surface area contributed by atoms with Crippen LogP contribution in [0.2, 0.25) is 15.1 Å². The molecule has 136 valence electrons. The van der Waals surface area contributed by atoms with Crippen LogP contribution in [0.25, 0.3) is 22.4 Å². The number of anilines is 1. The van der Waals surface area contributed by atoms with Crippen LogP contribution in [0.1, 0.15) is 0 Å². The van der Waals surface area contributed by atoms with E-state index < -0.39 is 0 Å². The summed E-state index contributed by atoms with van der Waals surface area (Å²) in [5.41, 5.74) is 2.33. The molecule has 1 N–H and O–H groups in total. The molecule has 4 aromatic rings. The number of fused-ring (bicyclic) bond motifs is 1.